The van der Waals surface area contributed by atoms with E-state index in [0.717, 1.165) is 46.2 Å². The Hall–Kier alpha value is -3.37. The molecule has 1 atom stereocenters. The minimum Gasteiger partial charge on any atom is -0.462 e. The number of nitrogens with one attached hydrogen (secondary N) is 1. The summed E-state index contributed by atoms with van der Waals surface area (Å²) in [5.41, 5.74) is 3.20. The molecule has 0 radical (unpaired) electrons. The lowest BCUT2D eigenvalue weighted by Crippen LogP contribution is -2.17. The summed E-state index contributed by atoms with van der Waals surface area (Å²) in [6.45, 7) is 4.21. The Morgan fingerprint density at radius 2 is 2.16 bits per heavy atom. The van der Waals surface area contributed by atoms with Crippen LogP contribution in [0.1, 0.15) is 46.6 Å². The molecule has 1 aromatic carbocycles. The third kappa shape index (κ3) is 4.06. The topological polar surface area (TPSA) is 84.1 Å². The Bertz CT molecular complexity index is 1280. The first-order valence-corrected chi connectivity index (χ1v) is 11.5. The van der Waals surface area contributed by atoms with Crippen molar-refractivity contribution < 1.29 is 14.3 Å². The largest absolute Gasteiger partial charge is 0.462 e. The molecule has 0 bridgehead atoms. The van der Waals surface area contributed by atoms with Crippen molar-refractivity contribution >= 4 is 45.2 Å². The number of benzene rings is 1. The SMILES string of the molecule is CCOC(=O)c1c(NC(=O)/C(C#N)=C/c2cn(C)c3ccccc23)sc2c1CC[C@@H](C)C2. The van der Waals surface area contributed by atoms with Crippen LogP contribution in [-0.4, -0.2) is 23.1 Å². The van der Waals surface area contributed by atoms with Gasteiger partial charge in [-0.05, 0) is 49.8 Å². The molecule has 0 fully saturated rings. The van der Waals surface area contributed by atoms with Gasteiger partial charge in [0.25, 0.3) is 5.91 Å². The molecule has 1 aliphatic carbocycles. The number of anilines is 1. The molecule has 6 nitrogen and oxygen atoms in total. The summed E-state index contributed by atoms with van der Waals surface area (Å²) in [5.74, 6) is -0.426. The van der Waals surface area contributed by atoms with E-state index in [4.69, 9.17) is 4.74 Å². The number of nitrogens with zero attached hydrogens (tertiary/aromatic N) is 2. The normalized spacial score (nSPS) is 15.8. The van der Waals surface area contributed by atoms with Crippen LogP contribution in [0.2, 0.25) is 0 Å². The fourth-order valence-corrected chi connectivity index (χ4v) is 5.61. The molecule has 2 heterocycles. The van der Waals surface area contributed by atoms with Crippen LogP contribution >= 0.6 is 11.3 Å². The van der Waals surface area contributed by atoms with Crippen molar-refractivity contribution in [3.63, 3.8) is 0 Å². The number of hydrogen-bond acceptors (Lipinski definition) is 5. The zero-order chi connectivity index (χ0) is 22.8. The number of fused-ring (bicyclic) bond motifs is 2. The maximum absolute atomic E-state index is 13.0. The molecular weight excluding hydrogens is 422 g/mol. The van der Waals surface area contributed by atoms with Crippen molar-refractivity contribution in [2.45, 2.75) is 33.1 Å². The average molecular weight is 448 g/mol. The smallest absolute Gasteiger partial charge is 0.341 e. The third-order valence-corrected chi connectivity index (χ3v) is 6.98. The van der Waals surface area contributed by atoms with Crippen molar-refractivity contribution in [2.75, 3.05) is 11.9 Å². The predicted molar refractivity (Wildman–Crippen MR) is 127 cm³/mol. The lowest BCUT2D eigenvalue weighted by molar-refractivity contribution is -0.112. The fourth-order valence-electron chi connectivity index (χ4n) is 4.22. The molecule has 0 spiro atoms. The fraction of sp³-hybridized carbons (Fsp3) is 0.320. The average Bonchev–Trinajstić information content (AvgIpc) is 3.28. The summed E-state index contributed by atoms with van der Waals surface area (Å²) >= 11 is 1.42. The highest BCUT2D eigenvalue weighted by molar-refractivity contribution is 7.17. The summed E-state index contributed by atoms with van der Waals surface area (Å²) in [7, 11) is 1.93. The Morgan fingerprint density at radius 1 is 1.38 bits per heavy atom. The van der Waals surface area contributed by atoms with E-state index in [9.17, 15) is 14.9 Å². The van der Waals surface area contributed by atoms with Gasteiger partial charge in [-0.25, -0.2) is 4.79 Å². The minimum absolute atomic E-state index is 0.0177. The number of rotatable bonds is 5. The molecule has 1 amide bonds. The second-order valence-corrected chi connectivity index (χ2v) is 9.22. The Kier molecular flexibility index (Phi) is 6.15. The van der Waals surface area contributed by atoms with E-state index in [1.807, 2.05) is 48.1 Å². The minimum atomic E-state index is -0.530. The van der Waals surface area contributed by atoms with Crippen LogP contribution in [0.5, 0.6) is 0 Å². The predicted octanol–water partition coefficient (Wildman–Crippen LogP) is 5.09. The van der Waals surface area contributed by atoms with Crippen molar-refractivity contribution in [1.82, 2.24) is 4.57 Å². The van der Waals surface area contributed by atoms with Crippen molar-refractivity contribution in [2.24, 2.45) is 13.0 Å². The van der Waals surface area contributed by atoms with E-state index in [1.54, 1.807) is 13.0 Å². The van der Waals surface area contributed by atoms with Gasteiger partial charge in [-0.2, -0.15) is 5.26 Å². The summed E-state index contributed by atoms with van der Waals surface area (Å²) in [6.07, 6.45) is 6.14. The van der Waals surface area contributed by atoms with Gasteiger partial charge in [0.05, 0.1) is 12.2 Å². The van der Waals surface area contributed by atoms with Crippen LogP contribution < -0.4 is 5.32 Å². The number of nitriles is 1. The van der Waals surface area contributed by atoms with Crippen molar-refractivity contribution in [3.05, 3.63) is 57.6 Å². The van der Waals surface area contributed by atoms with Crippen molar-refractivity contribution in [3.8, 4) is 6.07 Å². The molecule has 4 rings (SSSR count). The molecule has 0 unspecified atom stereocenters. The summed E-state index contributed by atoms with van der Waals surface area (Å²) in [4.78, 5) is 26.8. The molecule has 0 saturated heterocycles. The van der Waals surface area contributed by atoms with E-state index < -0.39 is 11.9 Å². The molecule has 3 aromatic rings. The zero-order valence-electron chi connectivity index (χ0n) is 18.4. The second kappa shape index (κ2) is 9.01. The number of esters is 1. The van der Waals surface area contributed by atoms with Gasteiger partial charge in [-0.1, -0.05) is 25.1 Å². The standard InChI is InChI=1S/C25H25N3O3S/c1-4-31-25(30)22-19-10-9-15(2)11-21(19)32-24(22)27-23(29)16(13-26)12-17-14-28(3)20-8-6-5-7-18(17)20/h5-8,12,14-15H,4,9-11H2,1-3H3,(H,27,29)/b16-12+/t15-/m1/s1. The van der Waals surface area contributed by atoms with Crippen LogP contribution in [0, 0.1) is 17.2 Å². The first-order valence-electron chi connectivity index (χ1n) is 10.7. The van der Waals surface area contributed by atoms with Crippen LogP contribution in [0.15, 0.2) is 36.0 Å². The maximum atomic E-state index is 13.0. The number of ether oxygens (including phenoxy) is 1. The maximum Gasteiger partial charge on any atom is 0.341 e. The number of thiophene rings is 1. The second-order valence-electron chi connectivity index (χ2n) is 8.11. The van der Waals surface area contributed by atoms with E-state index >= 15 is 0 Å². The van der Waals surface area contributed by atoms with Gasteiger partial charge in [0.2, 0.25) is 0 Å². The number of para-hydroxylation sites is 1. The molecule has 2 aromatic heterocycles. The summed E-state index contributed by atoms with van der Waals surface area (Å²) in [5, 5.41) is 14.0. The number of aromatic nitrogens is 1. The molecular formula is C25H25N3O3S. The Balaban J connectivity index is 1.69. The quantitative estimate of drug-likeness (QED) is 0.336. The third-order valence-electron chi connectivity index (χ3n) is 5.81. The summed E-state index contributed by atoms with van der Waals surface area (Å²) in [6, 6.07) is 9.84. The van der Waals surface area contributed by atoms with E-state index in [-0.39, 0.29) is 12.2 Å². The van der Waals surface area contributed by atoms with Crippen LogP contribution in [0.25, 0.3) is 17.0 Å². The molecule has 1 aliphatic rings. The number of carbonyl (C=O) groups is 2. The molecule has 1 N–H and O–H groups in total. The highest BCUT2D eigenvalue weighted by atomic mass is 32.1. The number of carbonyl (C=O) groups excluding carboxylic acids is 2. The number of amides is 1. The van der Waals surface area contributed by atoms with Crippen molar-refractivity contribution in [1.29, 1.82) is 5.26 Å². The van der Waals surface area contributed by atoms with Gasteiger partial charge >= 0.3 is 5.97 Å². The molecule has 164 valence electrons. The number of hydrogen-bond donors (Lipinski definition) is 1. The Labute approximate surface area is 191 Å². The number of aryl methyl sites for hydroxylation is 1. The first kappa shape index (κ1) is 21.8. The lowest BCUT2D eigenvalue weighted by Gasteiger charge is -2.18. The van der Waals surface area contributed by atoms with Crippen LogP contribution in [-0.2, 0) is 29.4 Å². The van der Waals surface area contributed by atoms with E-state index in [0.29, 0.717) is 16.5 Å². The lowest BCUT2D eigenvalue weighted by atomic mass is 9.88. The van der Waals surface area contributed by atoms with E-state index in [2.05, 4.69) is 12.2 Å². The first-order chi connectivity index (χ1) is 15.4. The zero-order valence-corrected chi connectivity index (χ0v) is 19.2. The highest BCUT2D eigenvalue weighted by Crippen LogP contribution is 2.40. The van der Waals surface area contributed by atoms with E-state index in [1.165, 1.54) is 11.3 Å². The molecule has 0 aliphatic heterocycles. The van der Waals surface area contributed by atoms with Gasteiger partial charge < -0.3 is 14.6 Å². The van der Waals surface area contributed by atoms with Gasteiger partial charge in [0.1, 0.15) is 16.6 Å². The van der Waals surface area contributed by atoms with Gasteiger partial charge in [-0.15, -0.1) is 11.3 Å². The van der Waals surface area contributed by atoms with Gasteiger partial charge in [0, 0.05) is 34.6 Å². The van der Waals surface area contributed by atoms with Gasteiger partial charge in [-0.3, -0.25) is 4.79 Å². The monoisotopic (exact) mass is 447 g/mol. The highest BCUT2D eigenvalue weighted by Gasteiger charge is 2.29. The molecule has 32 heavy (non-hydrogen) atoms. The van der Waals surface area contributed by atoms with Gasteiger partial charge in [0.15, 0.2) is 0 Å². The molecule has 7 heteroatoms. The summed E-state index contributed by atoms with van der Waals surface area (Å²) < 4.78 is 7.23. The van der Waals surface area contributed by atoms with Crippen LogP contribution in [0.3, 0.4) is 0 Å². The molecule has 0 saturated carbocycles. The Morgan fingerprint density at radius 3 is 2.91 bits per heavy atom. The van der Waals surface area contributed by atoms with Crippen LogP contribution in [0.4, 0.5) is 5.00 Å².